The number of carbonyl (C=O) groups is 2. The second kappa shape index (κ2) is 9.74. The predicted octanol–water partition coefficient (Wildman–Crippen LogP) is 5.67. The third kappa shape index (κ3) is 4.69. The van der Waals surface area contributed by atoms with Crippen LogP contribution in [-0.4, -0.2) is 28.4 Å². The van der Waals surface area contributed by atoms with Crippen molar-refractivity contribution in [3.8, 4) is 5.75 Å². The number of anilines is 1. The van der Waals surface area contributed by atoms with Gasteiger partial charge in [-0.2, -0.15) is 0 Å². The third-order valence-electron chi connectivity index (χ3n) is 6.20. The Kier molecular flexibility index (Phi) is 6.74. The lowest BCUT2D eigenvalue weighted by Crippen LogP contribution is -2.29. The van der Waals surface area contributed by atoms with E-state index in [4.69, 9.17) is 4.74 Å². The molecule has 3 aromatic rings. The Bertz CT molecular complexity index is 1310. The van der Waals surface area contributed by atoms with Gasteiger partial charge in [0, 0.05) is 17.4 Å². The molecule has 1 aliphatic rings. The molecule has 1 N–H and O–H groups in total. The Balaban J connectivity index is 1.84. The van der Waals surface area contributed by atoms with Crippen LogP contribution in [0.25, 0.3) is 5.76 Å². The highest BCUT2D eigenvalue weighted by Crippen LogP contribution is 2.42. The lowest BCUT2D eigenvalue weighted by molar-refractivity contribution is -0.132. The van der Waals surface area contributed by atoms with Gasteiger partial charge in [0.15, 0.2) is 0 Å². The Morgan fingerprint density at radius 3 is 2.40 bits per heavy atom. The fourth-order valence-electron chi connectivity index (χ4n) is 4.16. The summed E-state index contributed by atoms with van der Waals surface area (Å²) in [5.41, 5.74) is 4.44. The molecule has 0 radical (unpaired) electrons. The number of benzene rings is 2. The lowest BCUT2D eigenvalue weighted by atomic mass is 9.97. The average molecular weight is 471 g/mol. The smallest absolute Gasteiger partial charge is 0.300 e. The Labute approximate surface area is 205 Å². The largest absolute Gasteiger partial charge is 0.507 e. The van der Waals surface area contributed by atoms with Crippen molar-refractivity contribution in [3.63, 3.8) is 0 Å². The number of ether oxygens (including phenoxy) is 1. The topological polar surface area (TPSA) is 79.7 Å². The van der Waals surface area contributed by atoms with Crippen LogP contribution in [0.15, 0.2) is 66.4 Å². The van der Waals surface area contributed by atoms with Crippen LogP contribution >= 0.6 is 0 Å². The average Bonchev–Trinajstić information content (AvgIpc) is 3.10. The lowest BCUT2D eigenvalue weighted by Gasteiger charge is -2.25. The molecule has 1 amide bonds. The zero-order chi connectivity index (χ0) is 25.3. The number of aryl methyl sites for hydroxylation is 3. The minimum Gasteiger partial charge on any atom is -0.507 e. The van der Waals surface area contributed by atoms with Crippen LogP contribution in [-0.2, 0) is 9.59 Å². The molecule has 1 atom stereocenters. The molecule has 2 aromatic carbocycles. The van der Waals surface area contributed by atoms with Crippen LogP contribution in [0.5, 0.6) is 5.75 Å². The summed E-state index contributed by atoms with van der Waals surface area (Å²) in [7, 11) is 0. The number of aliphatic hydroxyl groups excluding tert-OH is 1. The van der Waals surface area contributed by atoms with E-state index in [2.05, 4.69) is 18.8 Å². The summed E-state index contributed by atoms with van der Waals surface area (Å²) in [6.45, 7) is 10.5. The van der Waals surface area contributed by atoms with Crippen molar-refractivity contribution >= 4 is 23.1 Å². The molecule has 180 valence electrons. The molecule has 35 heavy (non-hydrogen) atoms. The predicted molar refractivity (Wildman–Crippen MR) is 136 cm³/mol. The van der Waals surface area contributed by atoms with Gasteiger partial charge in [0.2, 0.25) is 0 Å². The van der Waals surface area contributed by atoms with Crippen LogP contribution in [0.3, 0.4) is 0 Å². The molecule has 2 heterocycles. The minimum absolute atomic E-state index is 0.0159. The van der Waals surface area contributed by atoms with E-state index in [0.717, 1.165) is 16.7 Å². The molecule has 0 saturated carbocycles. The maximum atomic E-state index is 13.3. The highest BCUT2D eigenvalue weighted by Gasteiger charge is 2.47. The molecule has 6 heteroatoms. The maximum absolute atomic E-state index is 13.3. The number of hydrogen-bond acceptors (Lipinski definition) is 5. The number of rotatable bonds is 6. The van der Waals surface area contributed by atoms with Gasteiger partial charge in [0.05, 0.1) is 17.9 Å². The molecule has 1 saturated heterocycles. The summed E-state index contributed by atoms with van der Waals surface area (Å²) in [6, 6.07) is 15.3. The normalized spacial score (nSPS) is 17.3. The van der Waals surface area contributed by atoms with Gasteiger partial charge in [0.1, 0.15) is 17.6 Å². The molecule has 1 aromatic heterocycles. The van der Waals surface area contributed by atoms with Crippen molar-refractivity contribution in [2.24, 2.45) is 5.92 Å². The number of nitrogens with zero attached hydrogens (tertiary/aromatic N) is 2. The highest BCUT2D eigenvalue weighted by atomic mass is 16.5. The first kappa shape index (κ1) is 24.2. The zero-order valence-corrected chi connectivity index (χ0v) is 20.7. The van der Waals surface area contributed by atoms with Gasteiger partial charge in [-0.3, -0.25) is 19.5 Å². The molecule has 1 aliphatic heterocycles. The van der Waals surface area contributed by atoms with E-state index >= 15 is 0 Å². The van der Waals surface area contributed by atoms with Gasteiger partial charge in [-0.15, -0.1) is 0 Å². The van der Waals surface area contributed by atoms with Crippen molar-refractivity contribution in [3.05, 3.63) is 94.3 Å². The van der Waals surface area contributed by atoms with E-state index in [1.165, 1.54) is 4.90 Å². The highest BCUT2D eigenvalue weighted by molar-refractivity contribution is 6.51. The molecule has 6 nitrogen and oxygen atoms in total. The van der Waals surface area contributed by atoms with Gasteiger partial charge < -0.3 is 9.84 Å². The second-order valence-electron chi connectivity index (χ2n) is 9.38. The number of Topliss-reactive ketones (excluding diaryl/α,β-unsaturated/α-hetero) is 1. The van der Waals surface area contributed by atoms with Crippen LogP contribution < -0.4 is 9.64 Å². The second-order valence-corrected chi connectivity index (χ2v) is 9.38. The first-order valence-electron chi connectivity index (χ1n) is 11.7. The number of aliphatic hydroxyl groups is 1. The van der Waals surface area contributed by atoms with E-state index in [0.29, 0.717) is 35.2 Å². The molecular formula is C29H30N2O4. The summed E-state index contributed by atoms with van der Waals surface area (Å²) in [5.74, 6) is -0.577. The number of ketones is 1. The van der Waals surface area contributed by atoms with Crippen molar-refractivity contribution in [1.29, 1.82) is 0 Å². The number of aromatic nitrogens is 1. The summed E-state index contributed by atoms with van der Waals surface area (Å²) in [4.78, 5) is 32.5. The van der Waals surface area contributed by atoms with Crippen molar-refractivity contribution < 1.29 is 19.4 Å². The molecule has 0 bridgehead atoms. The van der Waals surface area contributed by atoms with Crippen molar-refractivity contribution in [2.75, 3.05) is 11.5 Å². The van der Waals surface area contributed by atoms with E-state index in [-0.39, 0.29) is 11.3 Å². The molecular weight excluding hydrogens is 440 g/mol. The van der Waals surface area contributed by atoms with Gasteiger partial charge in [-0.25, -0.2) is 0 Å². The van der Waals surface area contributed by atoms with E-state index < -0.39 is 17.7 Å². The maximum Gasteiger partial charge on any atom is 0.300 e. The van der Waals surface area contributed by atoms with Crippen LogP contribution in [0.1, 0.15) is 47.8 Å². The van der Waals surface area contributed by atoms with E-state index in [9.17, 15) is 14.7 Å². The Hall–Kier alpha value is -3.93. The molecule has 0 spiro atoms. The Morgan fingerprint density at radius 1 is 1.00 bits per heavy atom. The molecule has 4 rings (SSSR count). The number of pyridine rings is 1. The first-order valence-corrected chi connectivity index (χ1v) is 11.7. The molecule has 1 unspecified atom stereocenters. The van der Waals surface area contributed by atoms with Crippen molar-refractivity contribution in [2.45, 2.75) is 40.7 Å². The summed E-state index contributed by atoms with van der Waals surface area (Å²) in [6.07, 6.45) is 1.61. The number of amides is 1. The fourth-order valence-corrected chi connectivity index (χ4v) is 4.16. The monoisotopic (exact) mass is 470 g/mol. The van der Waals surface area contributed by atoms with E-state index in [1.54, 1.807) is 42.6 Å². The van der Waals surface area contributed by atoms with E-state index in [1.807, 2.05) is 39.0 Å². The van der Waals surface area contributed by atoms with Crippen LogP contribution in [0.2, 0.25) is 0 Å². The third-order valence-corrected chi connectivity index (χ3v) is 6.20. The zero-order valence-electron chi connectivity index (χ0n) is 20.7. The van der Waals surface area contributed by atoms with Crippen LogP contribution in [0.4, 0.5) is 5.69 Å². The molecule has 0 aliphatic carbocycles. The van der Waals surface area contributed by atoms with Gasteiger partial charge in [0.25, 0.3) is 11.7 Å². The molecule has 1 fully saturated rings. The fraction of sp³-hybridized carbons (Fsp3) is 0.276. The van der Waals surface area contributed by atoms with Crippen molar-refractivity contribution in [1.82, 2.24) is 4.98 Å². The Morgan fingerprint density at radius 2 is 1.77 bits per heavy atom. The van der Waals surface area contributed by atoms with Gasteiger partial charge in [-0.05, 0) is 85.8 Å². The number of hydrogen-bond donors (Lipinski definition) is 1. The quantitative estimate of drug-likeness (QED) is 0.285. The summed E-state index contributed by atoms with van der Waals surface area (Å²) >= 11 is 0. The first-order chi connectivity index (χ1) is 16.7. The summed E-state index contributed by atoms with van der Waals surface area (Å²) < 4.78 is 5.85. The van der Waals surface area contributed by atoms with Gasteiger partial charge >= 0.3 is 0 Å². The van der Waals surface area contributed by atoms with Crippen LogP contribution in [0, 0.1) is 26.7 Å². The number of carbonyl (C=O) groups excluding carboxylic acids is 2. The standard InChI is InChI=1S/C29H30N2O4/c1-17(2)16-35-24-12-10-21(14-20(24)5)27(32)25-26(23-8-6-7-13-30-23)31(29(34)28(25)33)22-11-9-18(3)19(4)15-22/h6-15,17,26,32H,16H2,1-5H3/b27-25+. The summed E-state index contributed by atoms with van der Waals surface area (Å²) in [5, 5.41) is 11.3. The SMILES string of the molecule is Cc1ccc(N2C(=O)C(=O)/C(=C(/O)c3ccc(OCC(C)C)c(C)c3)C2c2ccccn2)cc1C. The van der Waals surface area contributed by atoms with Gasteiger partial charge in [-0.1, -0.05) is 26.0 Å². The minimum atomic E-state index is -0.851.